The minimum Gasteiger partial charge on any atom is -0.266 e. The van der Waals surface area contributed by atoms with Gasteiger partial charge in [-0.3, -0.25) is 14.4 Å². The number of carbonyl (C=O) groups excluding carboxylic acids is 2. The Kier molecular flexibility index (Phi) is 10.0. The molecule has 0 aromatic heterocycles. The molecule has 1 heterocycles. The van der Waals surface area contributed by atoms with Gasteiger partial charge in [-0.15, -0.1) is 5.06 Å². The van der Waals surface area contributed by atoms with Gasteiger partial charge in [-0.2, -0.15) is 0 Å². The van der Waals surface area contributed by atoms with Crippen LogP contribution in [0.3, 0.4) is 0 Å². The van der Waals surface area contributed by atoms with Crippen LogP contribution < -0.4 is 0 Å². The zero-order chi connectivity index (χ0) is 17.8. The highest BCUT2D eigenvalue weighted by molar-refractivity contribution is 6.20. The van der Waals surface area contributed by atoms with Crippen LogP contribution >= 0.6 is 0 Å². The van der Waals surface area contributed by atoms with E-state index in [-0.39, 0.29) is 11.8 Å². The number of fused-ring (bicyclic) bond motifs is 1. The lowest BCUT2D eigenvalue weighted by molar-refractivity contribution is -0.0922. The lowest BCUT2D eigenvalue weighted by atomic mass is 10.1. The van der Waals surface area contributed by atoms with E-state index in [1.165, 1.54) is 38.5 Å². The van der Waals surface area contributed by atoms with E-state index in [2.05, 4.69) is 6.92 Å². The van der Waals surface area contributed by atoms with Crippen LogP contribution in [-0.4, -0.2) is 23.5 Å². The highest BCUT2D eigenvalue weighted by Gasteiger charge is 2.36. The van der Waals surface area contributed by atoms with E-state index < -0.39 is 0 Å². The zero-order valence-corrected chi connectivity index (χ0v) is 15.3. The molecule has 0 atom stereocenters. The molecule has 4 nitrogen and oxygen atoms in total. The second kappa shape index (κ2) is 11.8. The van der Waals surface area contributed by atoms with Crippen LogP contribution in [0.2, 0.25) is 0 Å². The van der Waals surface area contributed by atoms with Crippen LogP contribution in [0.15, 0.2) is 24.3 Å². The maximum atomic E-state index is 12.1. The Morgan fingerprint density at radius 2 is 1.25 bits per heavy atom. The van der Waals surface area contributed by atoms with Crippen LogP contribution in [0.4, 0.5) is 0 Å². The van der Waals surface area contributed by atoms with Gasteiger partial charge in [-0.25, -0.2) is 0 Å². The molecular formula is C20H31NO3. The standard InChI is InChI=1S/C18H25NO3.C2H6/c1-2-3-4-5-6-7-8-11-14-22-19-17(20)15-12-9-10-13-16(15)18(19)21;1-2/h9-10,12-13H,2-8,11,14H2,1H3;1-2H3. The van der Waals surface area contributed by atoms with Crippen molar-refractivity contribution in [1.82, 2.24) is 5.06 Å². The Morgan fingerprint density at radius 3 is 1.75 bits per heavy atom. The average Bonchev–Trinajstić information content (AvgIpc) is 2.87. The maximum absolute atomic E-state index is 12.1. The van der Waals surface area contributed by atoms with E-state index in [0.717, 1.165) is 17.9 Å². The monoisotopic (exact) mass is 333 g/mol. The smallest absolute Gasteiger partial charge is 0.266 e. The molecule has 1 aliphatic rings. The number of nitrogens with zero attached hydrogens (tertiary/aromatic N) is 1. The van der Waals surface area contributed by atoms with Crippen LogP contribution in [-0.2, 0) is 4.84 Å². The molecule has 0 saturated carbocycles. The summed E-state index contributed by atoms with van der Waals surface area (Å²) in [5.74, 6) is -0.694. The molecule has 0 unspecified atom stereocenters. The fourth-order valence-corrected chi connectivity index (χ4v) is 2.68. The number of unbranched alkanes of at least 4 members (excludes halogenated alkanes) is 7. The molecule has 24 heavy (non-hydrogen) atoms. The number of benzene rings is 1. The van der Waals surface area contributed by atoms with Crippen molar-refractivity contribution in [2.75, 3.05) is 6.61 Å². The van der Waals surface area contributed by atoms with E-state index in [1.54, 1.807) is 24.3 Å². The lowest BCUT2D eigenvalue weighted by Gasteiger charge is -2.13. The van der Waals surface area contributed by atoms with Crippen LogP contribution in [0.5, 0.6) is 0 Å². The number of hydroxylamine groups is 2. The van der Waals surface area contributed by atoms with Crippen LogP contribution in [0.25, 0.3) is 0 Å². The molecule has 2 amide bonds. The molecule has 0 spiro atoms. The third-order valence-electron chi connectivity index (χ3n) is 3.98. The van der Waals surface area contributed by atoms with Gasteiger partial charge in [0.25, 0.3) is 11.8 Å². The lowest BCUT2D eigenvalue weighted by Crippen LogP contribution is -2.30. The van der Waals surface area contributed by atoms with Gasteiger partial charge in [0, 0.05) is 0 Å². The Labute approximate surface area is 146 Å². The van der Waals surface area contributed by atoms with Gasteiger partial charge in [0.1, 0.15) is 0 Å². The molecule has 1 aliphatic heterocycles. The molecular weight excluding hydrogens is 302 g/mol. The first-order chi connectivity index (χ1) is 11.8. The normalized spacial score (nSPS) is 12.9. The average molecular weight is 333 g/mol. The van der Waals surface area contributed by atoms with Gasteiger partial charge in [0.2, 0.25) is 0 Å². The number of imide groups is 1. The van der Waals surface area contributed by atoms with Gasteiger partial charge in [-0.05, 0) is 18.6 Å². The Bertz CT molecular complexity index is 478. The summed E-state index contributed by atoms with van der Waals surface area (Å²) in [5, 5.41) is 0.909. The van der Waals surface area contributed by atoms with Crippen molar-refractivity contribution in [3.8, 4) is 0 Å². The van der Waals surface area contributed by atoms with E-state index in [9.17, 15) is 9.59 Å². The second-order valence-corrected chi connectivity index (χ2v) is 5.76. The predicted octanol–water partition coefficient (Wildman–Crippen LogP) is 5.38. The summed E-state index contributed by atoms with van der Waals surface area (Å²) < 4.78 is 0. The topological polar surface area (TPSA) is 46.6 Å². The molecule has 134 valence electrons. The molecule has 1 aromatic carbocycles. The largest absolute Gasteiger partial charge is 0.285 e. The van der Waals surface area contributed by atoms with Gasteiger partial charge in [0.05, 0.1) is 17.7 Å². The first-order valence-electron chi connectivity index (χ1n) is 9.36. The maximum Gasteiger partial charge on any atom is 0.285 e. The fraction of sp³-hybridized carbons (Fsp3) is 0.600. The summed E-state index contributed by atoms with van der Waals surface area (Å²) in [5.41, 5.74) is 0.867. The Morgan fingerprint density at radius 1 is 0.792 bits per heavy atom. The number of amides is 2. The van der Waals surface area contributed by atoms with Gasteiger partial charge < -0.3 is 0 Å². The van der Waals surface area contributed by atoms with Crippen molar-refractivity contribution in [2.45, 2.75) is 72.1 Å². The van der Waals surface area contributed by atoms with Crippen molar-refractivity contribution in [1.29, 1.82) is 0 Å². The summed E-state index contributed by atoms with van der Waals surface area (Å²) in [6.45, 7) is 6.64. The van der Waals surface area contributed by atoms with Gasteiger partial charge in [0.15, 0.2) is 0 Å². The van der Waals surface area contributed by atoms with E-state index in [0.29, 0.717) is 17.7 Å². The van der Waals surface area contributed by atoms with Crippen molar-refractivity contribution in [3.05, 3.63) is 35.4 Å². The quantitative estimate of drug-likeness (QED) is 0.426. The number of hydrogen-bond donors (Lipinski definition) is 0. The van der Waals surface area contributed by atoms with Crippen LogP contribution in [0, 0.1) is 0 Å². The van der Waals surface area contributed by atoms with Crippen LogP contribution in [0.1, 0.15) is 92.9 Å². The molecule has 4 heteroatoms. The summed E-state index contributed by atoms with van der Waals surface area (Å²) in [4.78, 5) is 29.5. The summed E-state index contributed by atoms with van der Waals surface area (Å²) in [7, 11) is 0. The highest BCUT2D eigenvalue weighted by atomic mass is 16.7. The third-order valence-corrected chi connectivity index (χ3v) is 3.98. The Hall–Kier alpha value is -1.68. The summed E-state index contributed by atoms with van der Waals surface area (Å²) in [6.07, 6.45) is 9.62. The molecule has 0 aliphatic carbocycles. The summed E-state index contributed by atoms with van der Waals surface area (Å²) >= 11 is 0. The minimum absolute atomic E-state index is 0.347. The molecule has 1 aromatic rings. The number of carbonyl (C=O) groups is 2. The van der Waals surface area contributed by atoms with E-state index in [4.69, 9.17) is 4.84 Å². The Balaban J connectivity index is 0.00000139. The van der Waals surface area contributed by atoms with E-state index >= 15 is 0 Å². The van der Waals surface area contributed by atoms with Crippen molar-refractivity contribution in [3.63, 3.8) is 0 Å². The van der Waals surface area contributed by atoms with Crippen molar-refractivity contribution >= 4 is 11.8 Å². The molecule has 2 rings (SSSR count). The summed E-state index contributed by atoms with van der Waals surface area (Å²) in [6, 6.07) is 6.84. The molecule has 0 fully saturated rings. The molecule has 0 N–H and O–H groups in total. The predicted molar refractivity (Wildman–Crippen MR) is 96.9 cm³/mol. The van der Waals surface area contributed by atoms with Gasteiger partial charge in [-0.1, -0.05) is 77.8 Å². The highest BCUT2D eigenvalue weighted by Crippen LogP contribution is 2.22. The minimum atomic E-state index is -0.347. The number of hydrogen-bond acceptors (Lipinski definition) is 3. The van der Waals surface area contributed by atoms with E-state index in [1.807, 2.05) is 13.8 Å². The first-order valence-corrected chi connectivity index (χ1v) is 9.36. The van der Waals surface area contributed by atoms with Crippen molar-refractivity contribution in [2.24, 2.45) is 0 Å². The zero-order valence-electron chi connectivity index (χ0n) is 15.3. The molecule has 0 saturated heterocycles. The SMILES string of the molecule is CC.CCCCCCCCCCON1C(=O)c2ccccc2C1=O. The molecule has 0 bridgehead atoms. The third kappa shape index (κ3) is 5.75. The second-order valence-electron chi connectivity index (χ2n) is 5.76. The molecule has 0 radical (unpaired) electrons. The fourth-order valence-electron chi connectivity index (χ4n) is 2.68. The first kappa shape index (κ1) is 20.4. The van der Waals surface area contributed by atoms with Crippen molar-refractivity contribution < 1.29 is 14.4 Å². The number of rotatable bonds is 10. The van der Waals surface area contributed by atoms with Gasteiger partial charge >= 0.3 is 0 Å².